The molecule has 0 saturated carbocycles. The van der Waals surface area contributed by atoms with Crippen LogP contribution in [-0.2, 0) is 16.1 Å². The molecule has 0 aliphatic carbocycles. The van der Waals surface area contributed by atoms with E-state index in [2.05, 4.69) is 10.3 Å². The summed E-state index contributed by atoms with van der Waals surface area (Å²) in [5, 5.41) is 11.6. The average molecular weight is 305 g/mol. The minimum absolute atomic E-state index is 0.210. The number of nitrogens with zero attached hydrogens (tertiary/aromatic N) is 1. The first-order chi connectivity index (χ1) is 10.5. The van der Waals surface area contributed by atoms with Crippen LogP contribution in [0.1, 0.15) is 26.2 Å². The number of carbonyl (C=O) groups is 2. The minimum Gasteiger partial charge on any atom is -0.480 e. The van der Waals surface area contributed by atoms with Crippen molar-refractivity contribution in [2.45, 2.75) is 38.8 Å². The number of unbranched alkanes of at least 4 members (excludes halogenated alkanes) is 1. The van der Waals surface area contributed by atoms with Crippen LogP contribution >= 0.6 is 0 Å². The van der Waals surface area contributed by atoms with Crippen LogP contribution in [0, 0.1) is 0 Å². The number of amides is 1. The Morgan fingerprint density at radius 3 is 2.77 bits per heavy atom. The van der Waals surface area contributed by atoms with Gasteiger partial charge in [-0.1, -0.05) is 31.9 Å². The summed E-state index contributed by atoms with van der Waals surface area (Å²) in [5.41, 5.74) is 0.862. The van der Waals surface area contributed by atoms with Gasteiger partial charge in [-0.15, -0.1) is 0 Å². The summed E-state index contributed by atoms with van der Waals surface area (Å²) in [6.45, 7) is 1.74. The number of fused-ring (bicyclic) bond motifs is 1. The Balaban J connectivity index is 2.11. The molecule has 1 aromatic heterocycles. The number of carboxylic acid groups (broad SMARTS) is 1. The summed E-state index contributed by atoms with van der Waals surface area (Å²) < 4.78 is 1.30. The van der Waals surface area contributed by atoms with Crippen LogP contribution in [0.2, 0.25) is 0 Å². The van der Waals surface area contributed by atoms with Crippen LogP contribution in [0.5, 0.6) is 0 Å². The third kappa shape index (κ3) is 3.55. The smallest absolute Gasteiger partial charge is 0.326 e. The molecule has 0 aliphatic heterocycles. The van der Waals surface area contributed by atoms with Gasteiger partial charge in [0.1, 0.15) is 12.6 Å². The Bertz CT molecular complexity index is 732. The first-order valence-corrected chi connectivity index (χ1v) is 7.22. The van der Waals surface area contributed by atoms with Gasteiger partial charge in [-0.05, 0) is 18.6 Å². The molecular formula is C15H19N3O4. The summed E-state index contributed by atoms with van der Waals surface area (Å²) in [7, 11) is 0. The molecule has 1 amide bonds. The number of carbonyl (C=O) groups excluding carboxylic acids is 1. The number of aliphatic carboxylic acids is 1. The lowest BCUT2D eigenvalue weighted by molar-refractivity contribution is -0.142. The van der Waals surface area contributed by atoms with Crippen LogP contribution in [0.4, 0.5) is 0 Å². The van der Waals surface area contributed by atoms with Crippen LogP contribution in [0.3, 0.4) is 0 Å². The molecule has 1 atom stereocenters. The van der Waals surface area contributed by atoms with Crippen molar-refractivity contribution < 1.29 is 14.7 Å². The number of H-pyrrole nitrogens is 1. The van der Waals surface area contributed by atoms with E-state index >= 15 is 0 Å². The predicted molar refractivity (Wildman–Crippen MR) is 81.7 cm³/mol. The molecule has 0 radical (unpaired) electrons. The van der Waals surface area contributed by atoms with Crippen molar-refractivity contribution in [1.82, 2.24) is 14.9 Å². The van der Waals surface area contributed by atoms with Gasteiger partial charge in [0.15, 0.2) is 0 Å². The number of imidazole rings is 1. The fraction of sp³-hybridized carbons (Fsp3) is 0.400. The molecule has 3 N–H and O–H groups in total. The van der Waals surface area contributed by atoms with E-state index in [1.807, 2.05) is 6.92 Å². The summed E-state index contributed by atoms with van der Waals surface area (Å²) in [6, 6.07) is 6.10. The Morgan fingerprint density at radius 1 is 1.36 bits per heavy atom. The Kier molecular flexibility index (Phi) is 4.98. The highest BCUT2D eigenvalue weighted by molar-refractivity contribution is 5.84. The molecule has 2 aromatic rings. The van der Waals surface area contributed by atoms with Crippen molar-refractivity contribution in [2.24, 2.45) is 0 Å². The minimum atomic E-state index is -1.06. The zero-order valence-corrected chi connectivity index (χ0v) is 12.3. The third-order valence-corrected chi connectivity index (χ3v) is 3.46. The maximum Gasteiger partial charge on any atom is 0.326 e. The lowest BCUT2D eigenvalue weighted by atomic mass is 10.1. The molecule has 1 aromatic carbocycles. The van der Waals surface area contributed by atoms with Gasteiger partial charge >= 0.3 is 11.7 Å². The molecule has 0 bridgehead atoms. The van der Waals surface area contributed by atoms with E-state index in [0.717, 1.165) is 6.42 Å². The van der Waals surface area contributed by atoms with Gasteiger partial charge in [-0.2, -0.15) is 0 Å². The fourth-order valence-corrected chi connectivity index (χ4v) is 2.31. The monoisotopic (exact) mass is 305 g/mol. The second kappa shape index (κ2) is 6.93. The fourth-order valence-electron chi connectivity index (χ4n) is 2.31. The number of hydrogen-bond acceptors (Lipinski definition) is 3. The van der Waals surface area contributed by atoms with E-state index < -0.39 is 23.6 Å². The number of carboxylic acids is 1. The zero-order valence-electron chi connectivity index (χ0n) is 12.3. The average Bonchev–Trinajstić information content (AvgIpc) is 2.79. The first kappa shape index (κ1) is 15.8. The van der Waals surface area contributed by atoms with Gasteiger partial charge in [0.2, 0.25) is 5.91 Å². The maximum atomic E-state index is 12.0. The standard InChI is InChI=1S/C15H19N3O4/c1-2-3-6-11(14(20)21)16-13(19)9-18-12-8-5-4-7-10(12)17-15(18)22/h4-5,7-8,11H,2-3,6,9H2,1H3,(H,16,19)(H,17,22)(H,20,21)/t11-/m0/s1. The van der Waals surface area contributed by atoms with Crippen molar-refractivity contribution >= 4 is 22.9 Å². The van der Waals surface area contributed by atoms with E-state index in [4.69, 9.17) is 5.11 Å². The first-order valence-electron chi connectivity index (χ1n) is 7.22. The van der Waals surface area contributed by atoms with Gasteiger partial charge in [-0.3, -0.25) is 9.36 Å². The molecule has 0 spiro atoms. The Labute approximate surface area is 127 Å². The Hall–Kier alpha value is -2.57. The SMILES string of the molecule is CCCC[C@H](NC(=O)Cn1c(=O)[nH]c2ccccc21)C(=O)O. The maximum absolute atomic E-state index is 12.0. The normalized spacial score (nSPS) is 12.2. The second-order valence-electron chi connectivity index (χ2n) is 5.13. The molecule has 0 fully saturated rings. The van der Waals surface area contributed by atoms with Gasteiger partial charge in [0.05, 0.1) is 11.0 Å². The number of hydrogen-bond donors (Lipinski definition) is 3. The van der Waals surface area contributed by atoms with E-state index in [1.54, 1.807) is 24.3 Å². The van der Waals surface area contributed by atoms with Crippen molar-refractivity contribution in [3.8, 4) is 0 Å². The van der Waals surface area contributed by atoms with Crippen LogP contribution in [0.15, 0.2) is 29.1 Å². The molecule has 0 saturated heterocycles. The van der Waals surface area contributed by atoms with Gasteiger partial charge in [-0.25, -0.2) is 9.59 Å². The summed E-state index contributed by atoms with van der Waals surface area (Å²) in [5.74, 6) is -1.55. The molecule has 7 heteroatoms. The molecule has 1 heterocycles. The van der Waals surface area contributed by atoms with E-state index in [0.29, 0.717) is 23.9 Å². The Morgan fingerprint density at radius 2 is 2.09 bits per heavy atom. The van der Waals surface area contributed by atoms with Crippen molar-refractivity contribution in [2.75, 3.05) is 0 Å². The molecule has 0 aliphatic rings. The van der Waals surface area contributed by atoms with E-state index in [1.165, 1.54) is 4.57 Å². The lowest BCUT2D eigenvalue weighted by Crippen LogP contribution is -2.43. The topological polar surface area (TPSA) is 104 Å². The summed E-state index contributed by atoms with van der Waals surface area (Å²) in [6.07, 6.45) is 1.94. The highest BCUT2D eigenvalue weighted by Gasteiger charge is 2.20. The largest absolute Gasteiger partial charge is 0.480 e. The molecule has 0 unspecified atom stereocenters. The number of aromatic nitrogens is 2. The quantitative estimate of drug-likeness (QED) is 0.712. The molecule has 7 nitrogen and oxygen atoms in total. The third-order valence-electron chi connectivity index (χ3n) is 3.46. The molecule has 2 rings (SSSR count). The van der Waals surface area contributed by atoms with Crippen molar-refractivity contribution in [3.05, 3.63) is 34.7 Å². The van der Waals surface area contributed by atoms with Crippen molar-refractivity contribution in [3.63, 3.8) is 0 Å². The van der Waals surface area contributed by atoms with E-state index in [-0.39, 0.29) is 6.54 Å². The number of rotatable bonds is 7. The predicted octanol–water partition coefficient (Wildman–Crippen LogP) is 1.09. The van der Waals surface area contributed by atoms with Gasteiger partial charge < -0.3 is 15.4 Å². The second-order valence-corrected chi connectivity index (χ2v) is 5.13. The van der Waals surface area contributed by atoms with Gasteiger partial charge in [0.25, 0.3) is 0 Å². The molecular weight excluding hydrogens is 286 g/mol. The number of benzene rings is 1. The van der Waals surface area contributed by atoms with Crippen LogP contribution in [-0.4, -0.2) is 32.6 Å². The number of para-hydroxylation sites is 2. The molecule has 22 heavy (non-hydrogen) atoms. The van der Waals surface area contributed by atoms with Crippen molar-refractivity contribution in [1.29, 1.82) is 0 Å². The van der Waals surface area contributed by atoms with Crippen LogP contribution in [0.25, 0.3) is 11.0 Å². The zero-order chi connectivity index (χ0) is 16.1. The van der Waals surface area contributed by atoms with Crippen LogP contribution < -0.4 is 11.0 Å². The highest BCUT2D eigenvalue weighted by Crippen LogP contribution is 2.08. The number of nitrogens with one attached hydrogen (secondary N) is 2. The summed E-state index contributed by atoms with van der Waals surface area (Å²) >= 11 is 0. The molecule has 118 valence electrons. The number of aromatic amines is 1. The highest BCUT2D eigenvalue weighted by atomic mass is 16.4. The van der Waals surface area contributed by atoms with E-state index in [9.17, 15) is 14.4 Å². The lowest BCUT2D eigenvalue weighted by Gasteiger charge is -2.14. The van der Waals surface area contributed by atoms with Gasteiger partial charge in [0, 0.05) is 0 Å². The summed E-state index contributed by atoms with van der Waals surface area (Å²) in [4.78, 5) is 37.7.